The van der Waals surface area contributed by atoms with E-state index in [1.165, 1.54) is 11.4 Å². The van der Waals surface area contributed by atoms with Crippen LogP contribution in [0, 0.1) is 0 Å². The Labute approximate surface area is 99.9 Å². The fraction of sp³-hybridized carbons (Fsp3) is 0.727. The van der Waals surface area contributed by atoms with E-state index in [9.17, 15) is 0 Å². The third-order valence-corrected chi connectivity index (χ3v) is 3.17. The summed E-state index contributed by atoms with van der Waals surface area (Å²) in [7, 11) is 3.74. The van der Waals surface area contributed by atoms with E-state index in [0.29, 0.717) is 4.83 Å². The van der Waals surface area contributed by atoms with Crippen LogP contribution in [0.15, 0.2) is 6.07 Å². The molecule has 0 fully saturated rings. The van der Waals surface area contributed by atoms with Gasteiger partial charge in [0.05, 0.1) is 12.3 Å². The summed E-state index contributed by atoms with van der Waals surface area (Å²) in [6, 6.07) is 2.19. The van der Waals surface area contributed by atoms with Gasteiger partial charge in [0, 0.05) is 24.7 Å². The van der Waals surface area contributed by atoms with E-state index in [1.54, 1.807) is 7.11 Å². The monoisotopic (exact) mass is 274 g/mol. The molecule has 3 nitrogen and oxygen atoms in total. The molecule has 0 amide bonds. The van der Waals surface area contributed by atoms with Crippen LogP contribution in [0.5, 0.6) is 0 Å². The van der Waals surface area contributed by atoms with Gasteiger partial charge in [0.2, 0.25) is 0 Å². The van der Waals surface area contributed by atoms with E-state index in [-0.39, 0.29) is 0 Å². The fourth-order valence-corrected chi connectivity index (χ4v) is 2.04. The number of halogens is 1. The Balaban J connectivity index is 2.46. The van der Waals surface area contributed by atoms with Gasteiger partial charge in [0.15, 0.2) is 0 Å². The lowest BCUT2D eigenvalue weighted by molar-refractivity contribution is 0.198. The molecule has 4 heteroatoms. The van der Waals surface area contributed by atoms with Crippen LogP contribution in [-0.4, -0.2) is 28.3 Å². The van der Waals surface area contributed by atoms with Crippen LogP contribution in [0.1, 0.15) is 24.7 Å². The minimum Gasteiger partial charge on any atom is -0.384 e. The van der Waals surface area contributed by atoms with Crippen molar-refractivity contribution < 1.29 is 4.74 Å². The third-order valence-electron chi connectivity index (χ3n) is 2.45. The summed E-state index contributed by atoms with van der Waals surface area (Å²) < 4.78 is 7.06. The van der Waals surface area contributed by atoms with Crippen LogP contribution in [0.25, 0.3) is 0 Å². The lowest BCUT2D eigenvalue weighted by Crippen LogP contribution is -2.09. The topological polar surface area (TPSA) is 27.1 Å². The van der Waals surface area contributed by atoms with Crippen molar-refractivity contribution in [3.05, 3.63) is 17.5 Å². The minimum atomic E-state index is 0.433. The van der Waals surface area contributed by atoms with Crippen molar-refractivity contribution in [2.24, 2.45) is 7.05 Å². The average Bonchev–Trinajstić information content (AvgIpc) is 2.57. The molecule has 1 aromatic heterocycles. The Morgan fingerprint density at radius 3 is 2.87 bits per heavy atom. The maximum atomic E-state index is 5.08. The van der Waals surface area contributed by atoms with Gasteiger partial charge in [-0.25, -0.2) is 0 Å². The van der Waals surface area contributed by atoms with Crippen LogP contribution < -0.4 is 0 Å². The van der Waals surface area contributed by atoms with Crippen LogP contribution in [0.4, 0.5) is 0 Å². The standard InChI is InChI=1S/C11H19BrN2O/c1-4-10-7-11(14(2)13-10)6-5-9(12)8-15-3/h7,9H,4-6,8H2,1-3H3. The molecule has 1 heterocycles. The average molecular weight is 275 g/mol. The molecule has 0 saturated carbocycles. The molecule has 1 unspecified atom stereocenters. The van der Waals surface area contributed by atoms with Gasteiger partial charge in [-0.3, -0.25) is 4.68 Å². The Bertz CT molecular complexity index is 299. The summed E-state index contributed by atoms with van der Waals surface area (Å²) >= 11 is 3.59. The van der Waals surface area contributed by atoms with E-state index in [1.807, 2.05) is 11.7 Å². The number of rotatable bonds is 6. The van der Waals surface area contributed by atoms with Gasteiger partial charge in [0.25, 0.3) is 0 Å². The zero-order valence-corrected chi connectivity index (χ0v) is 11.2. The highest BCUT2D eigenvalue weighted by molar-refractivity contribution is 9.09. The molecule has 0 aliphatic carbocycles. The first-order chi connectivity index (χ1) is 7.17. The lowest BCUT2D eigenvalue weighted by Gasteiger charge is -2.07. The largest absolute Gasteiger partial charge is 0.384 e. The van der Waals surface area contributed by atoms with Crippen molar-refractivity contribution in [1.29, 1.82) is 0 Å². The lowest BCUT2D eigenvalue weighted by atomic mass is 10.2. The molecular formula is C11H19BrN2O. The number of nitrogens with zero attached hydrogens (tertiary/aromatic N) is 2. The smallest absolute Gasteiger partial charge is 0.0624 e. The summed E-state index contributed by atoms with van der Waals surface area (Å²) in [6.07, 6.45) is 3.13. The second kappa shape index (κ2) is 6.28. The van der Waals surface area contributed by atoms with Crippen molar-refractivity contribution in [3.63, 3.8) is 0 Å². The van der Waals surface area contributed by atoms with Gasteiger partial charge in [-0.2, -0.15) is 5.10 Å². The molecule has 1 aromatic rings. The molecule has 0 bridgehead atoms. The first kappa shape index (κ1) is 12.7. The Morgan fingerprint density at radius 1 is 1.60 bits per heavy atom. The second-order valence-electron chi connectivity index (χ2n) is 3.70. The summed E-state index contributed by atoms with van der Waals surface area (Å²) in [5.41, 5.74) is 2.47. The molecule has 0 aliphatic rings. The zero-order chi connectivity index (χ0) is 11.3. The van der Waals surface area contributed by atoms with Gasteiger partial charge in [-0.1, -0.05) is 22.9 Å². The van der Waals surface area contributed by atoms with E-state index < -0.39 is 0 Å². The normalized spacial score (nSPS) is 13.1. The molecule has 0 N–H and O–H groups in total. The summed E-state index contributed by atoms with van der Waals surface area (Å²) in [6.45, 7) is 2.89. The van der Waals surface area contributed by atoms with Crippen LogP contribution in [0.2, 0.25) is 0 Å². The van der Waals surface area contributed by atoms with Crippen LogP contribution in [0.3, 0.4) is 0 Å². The second-order valence-corrected chi connectivity index (χ2v) is 4.99. The number of methoxy groups -OCH3 is 1. The van der Waals surface area contributed by atoms with E-state index in [2.05, 4.69) is 34.0 Å². The molecule has 0 radical (unpaired) electrons. The van der Waals surface area contributed by atoms with Crippen LogP contribution in [-0.2, 0) is 24.6 Å². The molecule has 86 valence electrons. The maximum absolute atomic E-state index is 5.08. The molecule has 0 saturated heterocycles. The molecule has 0 aromatic carbocycles. The van der Waals surface area contributed by atoms with Gasteiger partial charge in [-0.15, -0.1) is 0 Å². The SMILES string of the molecule is CCc1cc(CCC(Br)COC)n(C)n1. The molecular weight excluding hydrogens is 256 g/mol. The van der Waals surface area contributed by atoms with E-state index in [0.717, 1.165) is 25.9 Å². The fourth-order valence-electron chi connectivity index (χ4n) is 1.55. The maximum Gasteiger partial charge on any atom is 0.0624 e. The number of ether oxygens (including phenoxy) is 1. The van der Waals surface area contributed by atoms with Crippen LogP contribution >= 0.6 is 15.9 Å². The Kier molecular flexibility index (Phi) is 5.32. The molecule has 0 spiro atoms. The summed E-state index contributed by atoms with van der Waals surface area (Å²) in [5, 5.41) is 4.42. The summed E-state index contributed by atoms with van der Waals surface area (Å²) in [4.78, 5) is 0.433. The van der Waals surface area contributed by atoms with Crippen molar-refractivity contribution in [1.82, 2.24) is 9.78 Å². The van der Waals surface area contributed by atoms with Gasteiger partial charge >= 0.3 is 0 Å². The molecule has 0 aliphatic heterocycles. The highest BCUT2D eigenvalue weighted by atomic mass is 79.9. The quantitative estimate of drug-likeness (QED) is 0.745. The number of hydrogen-bond acceptors (Lipinski definition) is 2. The molecule has 1 atom stereocenters. The highest BCUT2D eigenvalue weighted by Crippen LogP contribution is 2.12. The Morgan fingerprint density at radius 2 is 2.33 bits per heavy atom. The number of alkyl halides is 1. The van der Waals surface area contributed by atoms with Gasteiger partial charge in [0.1, 0.15) is 0 Å². The van der Waals surface area contributed by atoms with Gasteiger partial charge in [-0.05, 0) is 25.3 Å². The first-order valence-corrected chi connectivity index (χ1v) is 6.23. The van der Waals surface area contributed by atoms with E-state index >= 15 is 0 Å². The Hall–Kier alpha value is -0.350. The number of aryl methyl sites for hydroxylation is 3. The van der Waals surface area contributed by atoms with Crippen molar-refractivity contribution in [2.75, 3.05) is 13.7 Å². The third kappa shape index (κ3) is 3.95. The van der Waals surface area contributed by atoms with E-state index in [4.69, 9.17) is 4.74 Å². The predicted molar refractivity (Wildman–Crippen MR) is 65.5 cm³/mol. The van der Waals surface area contributed by atoms with Gasteiger partial charge < -0.3 is 4.74 Å². The zero-order valence-electron chi connectivity index (χ0n) is 9.66. The molecule has 1 rings (SSSR count). The number of aromatic nitrogens is 2. The van der Waals surface area contributed by atoms with Crippen molar-refractivity contribution >= 4 is 15.9 Å². The van der Waals surface area contributed by atoms with Crippen molar-refractivity contribution in [3.8, 4) is 0 Å². The highest BCUT2D eigenvalue weighted by Gasteiger charge is 2.07. The summed E-state index contributed by atoms with van der Waals surface area (Å²) in [5.74, 6) is 0. The number of hydrogen-bond donors (Lipinski definition) is 0. The van der Waals surface area contributed by atoms with Crippen molar-refractivity contribution in [2.45, 2.75) is 31.0 Å². The predicted octanol–water partition coefficient (Wildman–Crippen LogP) is 2.33. The minimum absolute atomic E-state index is 0.433. The molecule has 15 heavy (non-hydrogen) atoms. The first-order valence-electron chi connectivity index (χ1n) is 5.32.